The number of phosphoric acid groups is 2. The second-order valence-corrected chi connectivity index (χ2v) is 7.89. The van der Waals surface area contributed by atoms with Crippen LogP contribution in [-0.2, 0) is 22.9 Å². The summed E-state index contributed by atoms with van der Waals surface area (Å²) in [4.78, 5) is 57.4. The van der Waals surface area contributed by atoms with Crippen LogP contribution in [0, 0.1) is 0 Å². The highest BCUT2D eigenvalue weighted by Crippen LogP contribution is 2.46. The molecule has 0 amide bonds. The molecule has 1 saturated heterocycles. The monoisotopic (exact) mass is 428 g/mol. The van der Waals surface area contributed by atoms with Gasteiger partial charge in [-0.15, -0.1) is 0 Å². The lowest BCUT2D eigenvalue weighted by molar-refractivity contribution is -0.0498. The van der Waals surface area contributed by atoms with Crippen LogP contribution in [0.4, 0.5) is 0 Å². The zero-order chi connectivity index (χ0) is 20.0. The summed E-state index contributed by atoms with van der Waals surface area (Å²) < 4.78 is 37.4. The predicted molar refractivity (Wildman–Crippen MR) is 83.0 cm³/mol. The Morgan fingerprint density at radius 1 is 1.22 bits per heavy atom. The molecule has 0 unspecified atom stereocenters. The van der Waals surface area contributed by atoms with Crippen LogP contribution in [0.1, 0.15) is 6.23 Å². The van der Waals surface area contributed by atoms with Gasteiger partial charge in [-0.1, -0.05) is 0 Å². The molecule has 0 aliphatic carbocycles. The van der Waals surface area contributed by atoms with Gasteiger partial charge in [-0.2, -0.15) is 0 Å². The second-order valence-electron chi connectivity index (χ2n) is 5.46. The minimum absolute atomic E-state index is 0.0354. The van der Waals surface area contributed by atoms with Crippen molar-refractivity contribution in [2.75, 3.05) is 6.61 Å². The summed E-state index contributed by atoms with van der Waals surface area (Å²) in [6.07, 6.45) is -4.15. The van der Waals surface area contributed by atoms with Crippen molar-refractivity contribution in [3.63, 3.8) is 0 Å². The maximum Gasteiger partial charge on any atom is 0.470 e. The number of nitrogens with zero attached hydrogens (tertiary/aromatic N) is 3. The predicted octanol–water partition coefficient (Wildman–Crippen LogP) is -2.03. The highest BCUT2D eigenvalue weighted by Gasteiger charge is 2.49. The quantitative estimate of drug-likeness (QED) is 0.273. The Morgan fingerprint density at radius 3 is 2.56 bits per heavy atom. The molecular weight excluding hydrogens is 414 g/mol. The summed E-state index contributed by atoms with van der Waals surface area (Å²) in [7, 11) is -9.99. The van der Waals surface area contributed by atoms with E-state index in [4.69, 9.17) is 24.3 Å². The van der Waals surface area contributed by atoms with Gasteiger partial charge in [0.2, 0.25) is 0 Å². The van der Waals surface area contributed by atoms with Crippen molar-refractivity contribution in [3.05, 3.63) is 23.0 Å². The van der Waals surface area contributed by atoms with Crippen LogP contribution in [0.5, 0.6) is 0 Å². The van der Waals surface area contributed by atoms with E-state index in [2.05, 4.69) is 24.0 Å². The topological polar surface area (TPSA) is 227 Å². The van der Waals surface area contributed by atoms with Gasteiger partial charge in [0.1, 0.15) is 18.3 Å². The third kappa shape index (κ3) is 4.50. The van der Waals surface area contributed by atoms with E-state index in [-0.39, 0.29) is 11.2 Å². The number of aliphatic hydroxyl groups is 1. The first kappa shape index (κ1) is 20.2. The standard InChI is InChI=1S/C10H14N4O11P2/c15-6-4(1-23-26(17,18)19)24-10(7(6)25-27(20,21)22)14-3-13-5-8(14)11-2-12-9(5)16/h2-4,6-7,10,15H,1H2,(H,11,12,16)(H2,17,18,19)(H2,20,21,22)/t4-,6-,7-,10-/m1/s1. The fraction of sp³-hybridized carbons (Fsp3) is 0.500. The van der Waals surface area contributed by atoms with Crippen molar-refractivity contribution in [1.29, 1.82) is 0 Å². The van der Waals surface area contributed by atoms with Gasteiger partial charge in [0, 0.05) is 0 Å². The van der Waals surface area contributed by atoms with E-state index in [1.54, 1.807) is 0 Å². The number of aromatic amines is 1. The number of aliphatic hydroxyl groups excluding tert-OH is 1. The molecule has 2 aromatic heterocycles. The molecule has 150 valence electrons. The minimum atomic E-state index is -5.10. The number of hydrogen-bond acceptors (Lipinski definition) is 9. The Morgan fingerprint density at radius 2 is 1.93 bits per heavy atom. The van der Waals surface area contributed by atoms with Gasteiger partial charge in [-0.3, -0.25) is 18.4 Å². The number of H-pyrrole nitrogens is 1. The molecule has 1 aliphatic rings. The van der Waals surface area contributed by atoms with Crippen molar-refractivity contribution in [1.82, 2.24) is 19.5 Å². The highest BCUT2D eigenvalue weighted by atomic mass is 31.2. The molecule has 1 fully saturated rings. The summed E-state index contributed by atoms with van der Waals surface area (Å²) in [5.41, 5.74) is -0.738. The fourth-order valence-corrected chi connectivity index (χ4v) is 3.46. The van der Waals surface area contributed by atoms with E-state index in [0.29, 0.717) is 0 Å². The van der Waals surface area contributed by atoms with Crippen LogP contribution in [0.15, 0.2) is 17.4 Å². The molecule has 1 aliphatic heterocycles. The number of rotatable bonds is 6. The molecular formula is C10H14N4O11P2. The van der Waals surface area contributed by atoms with Crippen LogP contribution >= 0.6 is 15.6 Å². The normalized spacial score (nSPS) is 26.7. The third-order valence-corrected chi connectivity index (χ3v) is 4.62. The van der Waals surface area contributed by atoms with E-state index in [0.717, 1.165) is 17.2 Å². The maximum absolute atomic E-state index is 11.7. The van der Waals surface area contributed by atoms with Crippen LogP contribution in [-0.4, -0.2) is 69.1 Å². The minimum Gasteiger partial charge on any atom is -0.387 e. The lowest BCUT2D eigenvalue weighted by Gasteiger charge is -2.21. The molecule has 0 bridgehead atoms. The largest absolute Gasteiger partial charge is 0.470 e. The number of imidazole rings is 1. The maximum atomic E-state index is 11.7. The zero-order valence-corrected chi connectivity index (χ0v) is 14.9. The Bertz CT molecular complexity index is 979. The van der Waals surface area contributed by atoms with E-state index in [1.807, 2.05) is 0 Å². The number of nitrogens with one attached hydrogen (secondary N) is 1. The molecule has 15 nitrogen and oxygen atoms in total. The van der Waals surface area contributed by atoms with Gasteiger partial charge in [0.15, 0.2) is 17.4 Å². The van der Waals surface area contributed by atoms with Crippen LogP contribution in [0.2, 0.25) is 0 Å². The van der Waals surface area contributed by atoms with Gasteiger partial charge < -0.3 is 34.4 Å². The molecule has 4 atom stereocenters. The SMILES string of the molecule is O=c1[nH]cnc2c1ncn2[C@@H]1O[C@H](COP(=O)(O)O)[C@@H](O)[C@H]1OP(=O)(O)O. The van der Waals surface area contributed by atoms with Crippen molar-refractivity contribution >= 4 is 26.8 Å². The van der Waals surface area contributed by atoms with Crippen LogP contribution < -0.4 is 5.56 Å². The van der Waals surface area contributed by atoms with Crippen molar-refractivity contribution < 1.29 is 47.6 Å². The molecule has 27 heavy (non-hydrogen) atoms. The summed E-state index contributed by atoms with van der Waals surface area (Å²) >= 11 is 0. The highest BCUT2D eigenvalue weighted by molar-refractivity contribution is 7.46. The molecule has 3 rings (SSSR count). The number of fused-ring (bicyclic) bond motifs is 1. The smallest absolute Gasteiger partial charge is 0.387 e. The molecule has 0 saturated carbocycles. The molecule has 2 aromatic rings. The third-order valence-electron chi connectivity index (χ3n) is 3.62. The Balaban J connectivity index is 1.97. The summed E-state index contributed by atoms with van der Waals surface area (Å²) in [6.45, 7) is -0.802. The number of phosphoric ester groups is 2. The molecule has 17 heteroatoms. The van der Waals surface area contributed by atoms with Gasteiger partial charge in [-0.25, -0.2) is 19.1 Å². The van der Waals surface area contributed by atoms with E-state index in [9.17, 15) is 19.0 Å². The summed E-state index contributed by atoms with van der Waals surface area (Å²) in [6, 6.07) is 0. The average Bonchev–Trinajstić information content (AvgIpc) is 3.07. The Hall–Kier alpha value is -1.51. The van der Waals surface area contributed by atoms with Gasteiger partial charge in [-0.05, 0) is 0 Å². The summed E-state index contributed by atoms with van der Waals surface area (Å²) in [5.74, 6) is 0. The first-order valence-electron chi connectivity index (χ1n) is 7.14. The average molecular weight is 428 g/mol. The molecule has 0 spiro atoms. The zero-order valence-electron chi connectivity index (χ0n) is 13.1. The lowest BCUT2D eigenvalue weighted by Crippen LogP contribution is -2.35. The number of aromatic nitrogens is 4. The first-order valence-corrected chi connectivity index (χ1v) is 10.2. The van der Waals surface area contributed by atoms with Crippen molar-refractivity contribution in [2.24, 2.45) is 0 Å². The fourth-order valence-electron chi connectivity index (χ4n) is 2.57. The van der Waals surface area contributed by atoms with Crippen LogP contribution in [0.3, 0.4) is 0 Å². The molecule has 0 aromatic carbocycles. The van der Waals surface area contributed by atoms with Crippen molar-refractivity contribution in [2.45, 2.75) is 24.5 Å². The Kier molecular flexibility index (Phi) is 5.35. The molecule has 3 heterocycles. The lowest BCUT2D eigenvalue weighted by atomic mass is 10.1. The van der Waals surface area contributed by atoms with Gasteiger partial charge >= 0.3 is 15.6 Å². The summed E-state index contributed by atoms with van der Waals surface area (Å²) in [5, 5.41) is 10.3. The molecule has 6 N–H and O–H groups in total. The first-order chi connectivity index (χ1) is 12.5. The van der Waals surface area contributed by atoms with Gasteiger partial charge in [0.05, 0.1) is 19.3 Å². The Labute approximate surface area is 149 Å². The number of ether oxygens (including phenoxy) is 1. The molecule has 0 radical (unpaired) electrons. The van der Waals surface area contributed by atoms with Crippen molar-refractivity contribution in [3.8, 4) is 0 Å². The number of hydrogen-bond donors (Lipinski definition) is 6. The van der Waals surface area contributed by atoms with E-state index < -0.39 is 52.4 Å². The van der Waals surface area contributed by atoms with E-state index >= 15 is 0 Å². The van der Waals surface area contributed by atoms with Crippen LogP contribution in [0.25, 0.3) is 11.2 Å². The second kappa shape index (κ2) is 7.14. The van der Waals surface area contributed by atoms with E-state index in [1.165, 1.54) is 0 Å². The van der Waals surface area contributed by atoms with Gasteiger partial charge in [0.25, 0.3) is 5.56 Å².